The normalized spacial score (nSPS) is 16.7. The fourth-order valence-electron chi connectivity index (χ4n) is 4.04. The fraction of sp³-hybridized carbons (Fsp3) is 0.320. The second-order valence-corrected chi connectivity index (χ2v) is 8.09. The molecule has 2 amide bonds. The molecular weight excluding hydrogens is 374 g/mol. The molecule has 4 rings (SSSR count). The van der Waals surface area contributed by atoms with Gasteiger partial charge in [-0.25, -0.2) is 4.98 Å². The van der Waals surface area contributed by atoms with Crippen molar-refractivity contribution in [3.8, 4) is 0 Å². The van der Waals surface area contributed by atoms with E-state index >= 15 is 0 Å². The number of pyridine rings is 1. The molecule has 0 aliphatic carbocycles. The predicted octanol–water partition coefficient (Wildman–Crippen LogP) is 4.30. The van der Waals surface area contributed by atoms with E-state index in [1.165, 1.54) is 22.3 Å². The summed E-state index contributed by atoms with van der Waals surface area (Å²) < 4.78 is 0. The van der Waals surface area contributed by atoms with Crippen LogP contribution in [0.4, 0.5) is 5.82 Å². The summed E-state index contributed by atoms with van der Waals surface area (Å²) in [5.74, 6) is 0.647. The summed E-state index contributed by atoms with van der Waals surface area (Å²) in [6, 6.07) is 8.54. The van der Waals surface area contributed by atoms with Gasteiger partial charge >= 0.3 is 0 Å². The number of carbonyl (C=O) groups excluding carboxylic acids is 2. The highest BCUT2D eigenvalue weighted by molar-refractivity contribution is 5.94. The summed E-state index contributed by atoms with van der Waals surface area (Å²) in [5.41, 5.74) is 7.06. The van der Waals surface area contributed by atoms with Gasteiger partial charge < -0.3 is 10.2 Å². The summed E-state index contributed by atoms with van der Waals surface area (Å²) in [6.45, 7) is 5.64. The van der Waals surface area contributed by atoms with Crippen LogP contribution in [0.25, 0.3) is 11.6 Å². The number of amides is 2. The highest BCUT2D eigenvalue weighted by Crippen LogP contribution is 2.27. The van der Waals surface area contributed by atoms with Crippen molar-refractivity contribution in [2.45, 2.75) is 39.5 Å². The number of nitrogens with one attached hydrogen (secondary N) is 1. The third-order valence-corrected chi connectivity index (χ3v) is 5.77. The number of hydrogen-bond acceptors (Lipinski definition) is 3. The Morgan fingerprint density at radius 2 is 2.03 bits per heavy atom. The largest absolute Gasteiger partial charge is 0.335 e. The monoisotopic (exact) mass is 401 g/mol. The van der Waals surface area contributed by atoms with Crippen molar-refractivity contribution in [1.82, 2.24) is 9.88 Å². The molecule has 0 saturated heterocycles. The second-order valence-electron chi connectivity index (χ2n) is 8.09. The van der Waals surface area contributed by atoms with Crippen LogP contribution in [0.1, 0.15) is 47.1 Å². The van der Waals surface area contributed by atoms with Gasteiger partial charge in [-0.15, -0.1) is 0 Å². The lowest BCUT2D eigenvalue weighted by Gasteiger charge is -2.17. The van der Waals surface area contributed by atoms with Crippen LogP contribution in [0.15, 0.2) is 42.6 Å². The van der Waals surface area contributed by atoms with Crippen LogP contribution in [-0.4, -0.2) is 34.8 Å². The highest BCUT2D eigenvalue weighted by atomic mass is 16.2. The van der Waals surface area contributed by atoms with Gasteiger partial charge in [0, 0.05) is 31.8 Å². The lowest BCUT2D eigenvalue weighted by molar-refractivity contribution is -0.125. The Bertz CT molecular complexity index is 1050. The van der Waals surface area contributed by atoms with Gasteiger partial charge in [0.2, 0.25) is 11.8 Å². The molecule has 0 radical (unpaired) electrons. The Morgan fingerprint density at radius 1 is 1.17 bits per heavy atom. The van der Waals surface area contributed by atoms with E-state index in [2.05, 4.69) is 48.4 Å². The molecule has 0 saturated carbocycles. The zero-order valence-electron chi connectivity index (χ0n) is 17.6. The van der Waals surface area contributed by atoms with E-state index in [9.17, 15) is 9.59 Å². The second kappa shape index (κ2) is 8.66. The third-order valence-electron chi connectivity index (χ3n) is 5.77. The van der Waals surface area contributed by atoms with Crippen LogP contribution in [0.3, 0.4) is 0 Å². The van der Waals surface area contributed by atoms with Crippen LogP contribution in [-0.2, 0) is 16.0 Å². The summed E-state index contributed by atoms with van der Waals surface area (Å²) >= 11 is 0. The number of anilines is 1. The van der Waals surface area contributed by atoms with Gasteiger partial charge in [-0.05, 0) is 73.1 Å². The maximum atomic E-state index is 12.8. The summed E-state index contributed by atoms with van der Waals surface area (Å²) in [4.78, 5) is 30.4. The molecule has 154 valence electrons. The molecule has 5 nitrogen and oxygen atoms in total. The lowest BCUT2D eigenvalue weighted by atomic mass is 9.95. The highest BCUT2D eigenvalue weighted by Gasteiger charge is 2.17. The molecule has 2 aliphatic rings. The topological polar surface area (TPSA) is 62.3 Å². The van der Waals surface area contributed by atoms with E-state index in [-0.39, 0.29) is 11.8 Å². The number of fused-ring (bicyclic) bond motifs is 1. The molecule has 0 atom stereocenters. The van der Waals surface area contributed by atoms with E-state index in [1.54, 1.807) is 12.3 Å². The van der Waals surface area contributed by atoms with E-state index < -0.39 is 0 Å². The predicted molar refractivity (Wildman–Crippen MR) is 120 cm³/mol. The minimum absolute atomic E-state index is 0.00270. The molecule has 3 heterocycles. The molecule has 0 spiro atoms. The van der Waals surface area contributed by atoms with Crippen molar-refractivity contribution < 1.29 is 9.59 Å². The summed E-state index contributed by atoms with van der Waals surface area (Å²) in [6.07, 6.45) is 10.4. The first kappa shape index (κ1) is 20.1. The van der Waals surface area contributed by atoms with Crippen molar-refractivity contribution in [3.63, 3.8) is 0 Å². The van der Waals surface area contributed by atoms with E-state index in [4.69, 9.17) is 0 Å². The van der Waals surface area contributed by atoms with E-state index in [0.29, 0.717) is 25.2 Å². The standard InChI is InChI=1S/C25H27N3O2/c1-17-5-6-18(2)22(14-17)20-4-3-12-28(13-11-20)24(30)10-7-19-15-21-8-9-23(29)27-25(21)26-16-19/h5-7,10-11,14-16H,3-4,8-9,12-13H2,1-2H3,(H,26,27,29). The minimum atomic E-state index is 0.00270. The van der Waals surface area contributed by atoms with Gasteiger partial charge in [0.25, 0.3) is 0 Å². The number of aryl methyl sites for hydroxylation is 3. The zero-order chi connectivity index (χ0) is 21.1. The Labute approximate surface area is 177 Å². The van der Waals surface area contributed by atoms with Gasteiger partial charge in [-0.3, -0.25) is 9.59 Å². The Balaban J connectivity index is 1.44. The molecule has 0 fully saturated rings. The third kappa shape index (κ3) is 4.51. The molecule has 1 N–H and O–H groups in total. The molecule has 2 aliphatic heterocycles. The maximum absolute atomic E-state index is 12.8. The van der Waals surface area contributed by atoms with E-state index in [0.717, 1.165) is 30.5 Å². The molecule has 2 aromatic rings. The Kier molecular flexibility index (Phi) is 5.79. The van der Waals surface area contributed by atoms with Crippen LogP contribution < -0.4 is 5.32 Å². The molecule has 5 heteroatoms. The van der Waals surface area contributed by atoms with Crippen molar-refractivity contribution in [2.24, 2.45) is 0 Å². The number of hydrogen-bond donors (Lipinski definition) is 1. The van der Waals surface area contributed by atoms with Gasteiger partial charge in [0.15, 0.2) is 0 Å². The average Bonchev–Trinajstić information content (AvgIpc) is 3.00. The first-order valence-corrected chi connectivity index (χ1v) is 10.5. The number of benzene rings is 1. The first-order chi connectivity index (χ1) is 14.5. The lowest BCUT2D eigenvalue weighted by Crippen LogP contribution is -2.29. The van der Waals surface area contributed by atoms with Crippen LogP contribution in [0.2, 0.25) is 0 Å². The smallest absolute Gasteiger partial charge is 0.246 e. The van der Waals surface area contributed by atoms with Crippen LogP contribution >= 0.6 is 0 Å². The SMILES string of the molecule is Cc1ccc(C)c(C2=CCN(C(=O)C=Cc3cnc4c(c3)CCC(=O)N4)CCC2)c1. The number of allylic oxidation sites excluding steroid dienone is 1. The first-order valence-electron chi connectivity index (χ1n) is 10.5. The van der Waals surface area contributed by atoms with E-state index in [1.807, 2.05) is 17.0 Å². The summed E-state index contributed by atoms with van der Waals surface area (Å²) in [7, 11) is 0. The summed E-state index contributed by atoms with van der Waals surface area (Å²) in [5, 5.41) is 2.78. The molecular formula is C25H27N3O2. The molecule has 0 unspecified atom stereocenters. The van der Waals surface area contributed by atoms with Gasteiger partial charge in [0.05, 0.1) is 0 Å². The number of carbonyl (C=O) groups is 2. The Hall–Kier alpha value is -3.21. The number of nitrogens with zero attached hydrogens (tertiary/aromatic N) is 2. The molecule has 1 aromatic heterocycles. The van der Waals surface area contributed by atoms with Crippen LogP contribution in [0.5, 0.6) is 0 Å². The molecule has 30 heavy (non-hydrogen) atoms. The maximum Gasteiger partial charge on any atom is 0.246 e. The van der Waals surface area contributed by atoms with Gasteiger partial charge in [-0.1, -0.05) is 29.8 Å². The van der Waals surface area contributed by atoms with Crippen molar-refractivity contribution in [3.05, 3.63) is 70.4 Å². The van der Waals surface area contributed by atoms with Gasteiger partial charge in [0.1, 0.15) is 5.82 Å². The zero-order valence-corrected chi connectivity index (χ0v) is 17.6. The molecule has 0 bridgehead atoms. The number of aromatic nitrogens is 1. The fourth-order valence-corrected chi connectivity index (χ4v) is 4.04. The number of rotatable bonds is 3. The Morgan fingerprint density at radius 3 is 2.90 bits per heavy atom. The average molecular weight is 402 g/mol. The minimum Gasteiger partial charge on any atom is -0.335 e. The van der Waals surface area contributed by atoms with Crippen molar-refractivity contribution in [2.75, 3.05) is 18.4 Å². The van der Waals surface area contributed by atoms with Crippen LogP contribution in [0, 0.1) is 13.8 Å². The van der Waals surface area contributed by atoms with Crippen molar-refractivity contribution in [1.29, 1.82) is 0 Å². The molecule has 1 aromatic carbocycles. The van der Waals surface area contributed by atoms with Gasteiger partial charge in [-0.2, -0.15) is 0 Å². The van der Waals surface area contributed by atoms with Crippen molar-refractivity contribution >= 4 is 29.3 Å². The quantitative estimate of drug-likeness (QED) is 0.780.